The van der Waals surface area contributed by atoms with Crippen molar-refractivity contribution in [2.45, 2.75) is 25.8 Å². The molecule has 0 spiro atoms. The summed E-state index contributed by atoms with van der Waals surface area (Å²) in [5, 5.41) is 3.97. The number of pyridine rings is 1. The van der Waals surface area contributed by atoms with Gasteiger partial charge in [0.1, 0.15) is 5.82 Å². The third kappa shape index (κ3) is 3.74. The Balaban J connectivity index is 1.28. The van der Waals surface area contributed by atoms with E-state index in [0.29, 0.717) is 0 Å². The standard InChI is InChI=1S/C25H22N4O/c30-24(14-11-20-6-3-5-19-7-4-15-26-25(19)20)27-21-12-9-18(10-13-21)22-17-29-16-2-1-8-23(29)28-22/h3-7,9-15,17H,1-2,8,16H2,(H,27,30)/b14-11+. The molecule has 30 heavy (non-hydrogen) atoms. The number of benzene rings is 2. The summed E-state index contributed by atoms with van der Waals surface area (Å²) in [7, 11) is 0. The van der Waals surface area contributed by atoms with E-state index in [9.17, 15) is 4.79 Å². The van der Waals surface area contributed by atoms with Crippen molar-refractivity contribution >= 4 is 28.6 Å². The SMILES string of the molecule is O=C(/C=C/c1cccc2cccnc12)Nc1ccc(-c2cn3c(n2)CCCC3)cc1. The van der Waals surface area contributed by atoms with Gasteiger partial charge < -0.3 is 9.88 Å². The van der Waals surface area contributed by atoms with Gasteiger partial charge in [0.05, 0.1) is 11.2 Å². The molecule has 5 nitrogen and oxygen atoms in total. The maximum absolute atomic E-state index is 12.4. The molecule has 2 aromatic heterocycles. The number of anilines is 1. The molecule has 1 N–H and O–H groups in total. The first kappa shape index (κ1) is 18.3. The van der Waals surface area contributed by atoms with E-state index in [0.717, 1.165) is 46.4 Å². The third-order valence-electron chi connectivity index (χ3n) is 5.43. The molecule has 0 fully saturated rings. The summed E-state index contributed by atoms with van der Waals surface area (Å²) < 4.78 is 2.25. The van der Waals surface area contributed by atoms with Gasteiger partial charge in [-0.15, -0.1) is 0 Å². The first-order valence-electron chi connectivity index (χ1n) is 10.3. The fourth-order valence-electron chi connectivity index (χ4n) is 3.89. The van der Waals surface area contributed by atoms with Gasteiger partial charge in [0.15, 0.2) is 0 Å². The second-order valence-corrected chi connectivity index (χ2v) is 7.52. The van der Waals surface area contributed by atoms with Gasteiger partial charge in [0.25, 0.3) is 0 Å². The number of hydrogen-bond donors (Lipinski definition) is 1. The lowest BCUT2D eigenvalue weighted by Gasteiger charge is -2.11. The summed E-state index contributed by atoms with van der Waals surface area (Å²) in [6.07, 6.45) is 10.7. The molecule has 5 heteroatoms. The Kier molecular flexibility index (Phi) is 4.85. The Bertz CT molecular complexity index is 1210. The Morgan fingerprint density at radius 2 is 1.90 bits per heavy atom. The second-order valence-electron chi connectivity index (χ2n) is 7.52. The van der Waals surface area contributed by atoms with Crippen LogP contribution in [0.15, 0.2) is 73.1 Å². The smallest absolute Gasteiger partial charge is 0.248 e. The fraction of sp³-hybridized carbons (Fsp3) is 0.160. The minimum atomic E-state index is -0.173. The monoisotopic (exact) mass is 394 g/mol. The number of carbonyl (C=O) groups excluding carboxylic acids is 1. The van der Waals surface area contributed by atoms with Crippen LogP contribution in [0.1, 0.15) is 24.2 Å². The van der Waals surface area contributed by atoms with Crippen molar-refractivity contribution in [3.63, 3.8) is 0 Å². The molecule has 0 radical (unpaired) electrons. The highest BCUT2D eigenvalue weighted by Gasteiger charge is 2.13. The summed E-state index contributed by atoms with van der Waals surface area (Å²) >= 11 is 0. The van der Waals surface area contributed by atoms with Gasteiger partial charge in [-0.05, 0) is 37.1 Å². The fourth-order valence-corrected chi connectivity index (χ4v) is 3.89. The van der Waals surface area contributed by atoms with Gasteiger partial charge in [-0.1, -0.05) is 36.4 Å². The van der Waals surface area contributed by atoms with E-state index < -0.39 is 0 Å². The minimum Gasteiger partial charge on any atom is -0.334 e. The summed E-state index contributed by atoms with van der Waals surface area (Å²) in [6.45, 7) is 1.05. The molecular weight excluding hydrogens is 372 g/mol. The molecule has 0 unspecified atom stereocenters. The predicted octanol–water partition coefficient (Wildman–Crippen LogP) is 5.09. The van der Waals surface area contributed by atoms with E-state index >= 15 is 0 Å². The molecule has 0 bridgehead atoms. The van der Waals surface area contributed by atoms with Crippen molar-refractivity contribution in [2.24, 2.45) is 0 Å². The largest absolute Gasteiger partial charge is 0.334 e. The number of para-hydroxylation sites is 1. The highest BCUT2D eigenvalue weighted by Crippen LogP contribution is 2.24. The number of hydrogen-bond acceptors (Lipinski definition) is 3. The van der Waals surface area contributed by atoms with Crippen molar-refractivity contribution in [1.82, 2.24) is 14.5 Å². The zero-order valence-corrected chi connectivity index (χ0v) is 16.6. The van der Waals surface area contributed by atoms with Crippen LogP contribution >= 0.6 is 0 Å². The Morgan fingerprint density at radius 3 is 2.77 bits per heavy atom. The summed E-state index contributed by atoms with van der Waals surface area (Å²) in [5.74, 6) is 0.995. The molecule has 0 saturated heterocycles. The van der Waals surface area contributed by atoms with Gasteiger partial charge in [-0.25, -0.2) is 4.98 Å². The molecule has 0 aliphatic carbocycles. The summed E-state index contributed by atoms with van der Waals surface area (Å²) in [6, 6.07) is 17.7. The predicted molar refractivity (Wildman–Crippen MR) is 120 cm³/mol. The van der Waals surface area contributed by atoms with E-state index in [1.165, 1.54) is 18.7 Å². The molecule has 1 aliphatic rings. The molecule has 0 atom stereocenters. The summed E-state index contributed by atoms with van der Waals surface area (Å²) in [4.78, 5) is 21.5. The lowest BCUT2D eigenvalue weighted by molar-refractivity contribution is -0.111. The van der Waals surface area contributed by atoms with Gasteiger partial charge in [-0.3, -0.25) is 9.78 Å². The highest BCUT2D eigenvalue weighted by molar-refractivity contribution is 6.03. The first-order valence-corrected chi connectivity index (χ1v) is 10.3. The van der Waals surface area contributed by atoms with Crippen LogP contribution in [-0.2, 0) is 17.8 Å². The number of fused-ring (bicyclic) bond motifs is 2. The minimum absolute atomic E-state index is 0.173. The molecule has 1 aliphatic heterocycles. The second kappa shape index (κ2) is 7.95. The van der Waals surface area contributed by atoms with Crippen molar-refractivity contribution < 1.29 is 4.79 Å². The Morgan fingerprint density at radius 1 is 1.03 bits per heavy atom. The van der Waals surface area contributed by atoms with Crippen LogP contribution in [0.3, 0.4) is 0 Å². The molecular formula is C25H22N4O. The van der Waals surface area contributed by atoms with E-state index in [1.807, 2.05) is 54.6 Å². The van der Waals surface area contributed by atoms with E-state index in [-0.39, 0.29) is 5.91 Å². The molecule has 1 amide bonds. The van der Waals surface area contributed by atoms with E-state index in [1.54, 1.807) is 18.3 Å². The Labute approximate surface area is 175 Å². The zero-order valence-electron chi connectivity index (χ0n) is 16.6. The van der Waals surface area contributed by atoms with Crippen LogP contribution in [0.25, 0.3) is 28.2 Å². The van der Waals surface area contributed by atoms with Gasteiger partial charge in [-0.2, -0.15) is 0 Å². The molecule has 3 heterocycles. The van der Waals surface area contributed by atoms with Gasteiger partial charge in [0.2, 0.25) is 5.91 Å². The van der Waals surface area contributed by atoms with Crippen LogP contribution in [0.2, 0.25) is 0 Å². The first-order chi connectivity index (χ1) is 14.8. The lowest BCUT2D eigenvalue weighted by atomic mass is 10.1. The average molecular weight is 394 g/mol. The number of amides is 1. The van der Waals surface area contributed by atoms with Gasteiger partial charge >= 0.3 is 0 Å². The highest BCUT2D eigenvalue weighted by atomic mass is 16.1. The van der Waals surface area contributed by atoms with Gasteiger partial charge in [0, 0.05) is 53.6 Å². The van der Waals surface area contributed by atoms with Crippen LogP contribution in [0.4, 0.5) is 5.69 Å². The summed E-state index contributed by atoms with van der Waals surface area (Å²) in [5.41, 5.74) is 4.62. The maximum atomic E-state index is 12.4. The van der Waals surface area contributed by atoms with E-state index in [4.69, 9.17) is 4.98 Å². The molecule has 4 aromatic rings. The number of nitrogens with zero attached hydrogens (tertiary/aromatic N) is 3. The number of nitrogens with one attached hydrogen (secondary N) is 1. The Hall–Kier alpha value is -3.73. The quantitative estimate of drug-likeness (QED) is 0.491. The molecule has 0 saturated carbocycles. The van der Waals surface area contributed by atoms with Crippen molar-refractivity contribution in [2.75, 3.05) is 5.32 Å². The maximum Gasteiger partial charge on any atom is 0.248 e. The lowest BCUT2D eigenvalue weighted by Crippen LogP contribution is -2.08. The van der Waals surface area contributed by atoms with Crippen LogP contribution in [0.5, 0.6) is 0 Å². The third-order valence-corrected chi connectivity index (χ3v) is 5.43. The van der Waals surface area contributed by atoms with Crippen LogP contribution < -0.4 is 5.32 Å². The molecule has 5 rings (SSSR count). The van der Waals surface area contributed by atoms with Crippen LogP contribution in [-0.4, -0.2) is 20.4 Å². The molecule has 148 valence electrons. The average Bonchev–Trinajstić information content (AvgIpc) is 3.22. The number of aromatic nitrogens is 3. The normalized spacial score (nSPS) is 13.5. The number of aryl methyl sites for hydroxylation is 2. The van der Waals surface area contributed by atoms with Crippen molar-refractivity contribution in [3.05, 3.63) is 84.5 Å². The topological polar surface area (TPSA) is 59.8 Å². The van der Waals surface area contributed by atoms with Crippen molar-refractivity contribution in [3.8, 4) is 11.3 Å². The van der Waals surface area contributed by atoms with Crippen LogP contribution in [0, 0.1) is 0 Å². The number of rotatable bonds is 4. The van der Waals surface area contributed by atoms with Crippen molar-refractivity contribution in [1.29, 1.82) is 0 Å². The molecule has 2 aromatic carbocycles. The zero-order chi connectivity index (χ0) is 20.3. The van der Waals surface area contributed by atoms with E-state index in [2.05, 4.69) is 21.1 Å². The number of carbonyl (C=O) groups is 1. The number of imidazole rings is 1.